The average molecular weight is 294 g/mol. The summed E-state index contributed by atoms with van der Waals surface area (Å²) in [5, 5.41) is 9.51. The van der Waals surface area contributed by atoms with Gasteiger partial charge in [-0.15, -0.1) is 0 Å². The molecule has 110 valence electrons. The lowest BCUT2D eigenvalue weighted by atomic mass is 9.96. The quantitative estimate of drug-likeness (QED) is 0.740. The van der Waals surface area contributed by atoms with E-state index in [9.17, 15) is 9.59 Å². The van der Waals surface area contributed by atoms with Gasteiger partial charge in [-0.3, -0.25) is 14.6 Å². The number of hydrogen-bond acceptors (Lipinski definition) is 5. The average Bonchev–Trinajstić information content (AvgIpc) is 3.04. The zero-order chi connectivity index (χ0) is 15.3. The Morgan fingerprint density at radius 2 is 1.77 bits per heavy atom. The molecule has 2 aliphatic rings. The molecule has 2 unspecified atom stereocenters. The third-order valence-electron chi connectivity index (χ3n) is 4.07. The number of aromatic nitrogens is 1. The molecule has 0 saturated heterocycles. The molecule has 0 aliphatic carbocycles. The molecule has 1 aromatic heterocycles. The van der Waals surface area contributed by atoms with E-state index in [0.29, 0.717) is 5.69 Å². The normalized spacial score (nSPS) is 21.4. The van der Waals surface area contributed by atoms with Gasteiger partial charge < -0.3 is 16.0 Å². The van der Waals surface area contributed by atoms with E-state index >= 15 is 0 Å². The number of ketones is 1. The molecule has 0 bridgehead atoms. The maximum absolute atomic E-state index is 11.9. The summed E-state index contributed by atoms with van der Waals surface area (Å²) in [5.41, 5.74) is 4.31. The summed E-state index contributed by atoms with van der Waals surface area (Å²) in [4.78, 5) is 27.6. The second-order valence-corrected chi connectivity index (χ2v) is 5.52. The number of carbonyl (C=O) groups is 2. The maximum Gasteiger partial charge on any atom is 0.239 e. The van der Waals surface area contributed by atoms with Gasteiger partial charge in [-0.05, 0) is 42.3 Å². The van der Waals surface area contributed by atoms with Crippen LogP contribution in [0.1, 0.15) is 30.1 Å². The van der Waals surface area contributed by atoms with Gasteiger partial charge in [-0.25, -0.2) is 0 Å². The van der Waals surface area contributed by atoms with Crippen molar-refractivity contribution in [3.05, 3.63) is 47.8 Å². The van der Waals surface area contributed by atoms with Crippen LogP contribution in [0.2, 0.25) is 0 Å². The number of rotatable bonds is 2. The highest BCUT2D eigenvalue weighted by Crippen LogP contribution is 2.43. The van der Waals surface area contributed by atoms with Crippen molar-refractivity contribution in [2.75, 3.05) is 16.0 Å². The monoisotopic (exact) mass is 294 g/mol. The highest BCUT2D eigenvalue weighted by atomic mass is 16.2. The smallest absolute Gasteiger partial charge is 0.239 e. The number of anilines is 3. The second-order valence-electron chi connectivity index (χ2n) is 5.52. The van der Waals surface area contributed by atoms with Crippen LogP contribution >= 0.6 is 0 Å². The highest BCUT2D eigenvalue weighted by Gasteiger charge is 2.36. The van der Waals surface area contributed by atoms with Gasteiger partial charge in [-0.2, -0.15) is 0 Å². The topological polar surface area (TPSA) is 83.1 Å². The number of amides is 1. The number of benzene rings is 1. The lowest BCUT2D eigenvalue weighted by molar-refractivity contribution is -0.125. The molecule has 1 amide bonds. The number of carbonyl (C=O) groups excluding carboxylic acids is 2. The summed E-state index contributed by atoms with van der Waals surface area (Å²) < 4.78 is 0. The summed E-state index contributed by atoms with van der Waals surface area (Å²) >= 11 is 0. The fraction of sp³-hybridized carbons (Fsp3) is 0.188. The van der Waals surface area contributed by atoms with E-state index in [1.54, 1.807) is 12.4 Å². The van der Waals surface area contributed by atoms with Gasteiger partial charge in [0, 0.05) is 18.1 Å². The van der Waals surface area contributed by atoms with E-state index in [1.807, 2.05) is 24.3 Å². The number of nitrogens with zero attached hydrogens (tertiary/aromatic N) is 1. The van der Waals surface area contributed by atoms with Crippen LogP contribution in [0.3, 0.4) is 0 Å². The van der Waals surface area contributed by atoms with Crippen molar-refractivity contribution in [1.82, 2.24) is 4.98 Å². The lowest BCUT2D eigenvalue weighted by Gasteiger charge is -2.11. The predicted octanol–water partition coefficient (Wildman–Crippen LogP) is 2.24. The first kappa shape index (κ1) is 12.8. The van der Waals surface area contributed by atoms with Crippen LogP contribution in [0.5, 0.6) is 0 Å². The first-order chi connectivity index (χ1) is 10.6. The number of nitrogens with one attached hydrogen (secondary N) is 3. The van der Waals surface area contributed by atoms with E-state index in [0.717, 1.165) is 22.5 Å². The van der Waals surface area contributed by atoms with Crippen molar-refractivity contribution in [3.63, 3.8) is 0 Å². The second kappa shape index (κ2) is 4.56. The molecule has 6 heteroatoms. The van der Waals surface area contributed by atoms with Gasteiger partial charge in [-0.1, -0.05) is 0 Å². The molecule has 3 N–H and O–H groups in total. The minimum atomic E-state index is -0.706. The first-order valence-electron chi connectivity index (χ1n) is 7.06. The Morgan fingerprint density at radius 1 is 1.09 bits per heavy atom. The Balaban J connectivity index is 1.70. The molecule has 2 aliphatic heterocycles. The molecule has 4 rings (SSSR count). The number of hydrogen-bond donors (Lipinski definition) is 3. The lowest BCUT2D eigenvalue weighted by Crippen LogP contribution is -2.18. The summed E-state index contributed by atoms with van der Waals surface area (Å²) in [6, 6.07) is 7.62. The molecule has 0 saturated carbocycles. The fourth-order valence-electron chi connectivity index (χ4n) is 3.02. The molecule has 2 aromatic rings. The van der Waals surface area contributed by atoms with Gasteiger partial charge in [0.2, 0.25) is 5.91 Å². The van der Waals surface area contributed by atoms with E-state index in [4.69, 9.17) is 0 Å². The maximum atomic E-state index is 11.9. The SMILES string of the molecule is CC(=O)C1C(=O)Nc2cc3c(cc21)NC(c1ccncc1)N3. The minimum absolute atomic E-state index is 0.0491. The summed E-state index contributed by atoms with van der Waals surface area (Å²) in [6.07, 6.45) is 3.44. The van der Waals surface area contributed by atoms with Crippen molar-refractivity contribution in [3.8, 4) is 0 Å². The van der Waals surface area contributed by atoms with Crippen molar-refractivity contribution >= 4 is 28.8 Å². The van der Waals surface area contributed by atoms with Gasteiger partial charge in [0.15, 0.2) is 0 Å². The highest BCUT2D eigenvalue weighted by molar-refractivity contribution is 6.17. The third-order valence-corrected chi connectivity index (χ3v) is 4.07. The van der Waals surface area contributed by atoms with Crippen LogP contribution in [0.25, 0.3) is 0 Å². The van der Waals surface area contributed by atoms with Crippen molar-refractivity contribution < 1.29 is 9.59 Å². The van der Waals surface area contributed by atoms with Gasteiger partial charge in [0.25, 0.3) is 0 Å². The van der Waals surface area contributed by atoms with Crippen LogP contribution in [0, 0.1) is 0 Å². The summed E-state index contributed by atoms with van der Waals surface area (Å²) in [7, 11) is 0. The molecule has 2 atom stereocenters. The van der Waals surface area contributed by atoms with Gasteiger partial charge >= 0.3 is 0 Å². The number of pyridine rings is 1. The Kier molecular flexibility index (Phi) is 2.66. The zero-order valence-electron chi connectivity index (χ0n) is 11.9. The summed E-state index contributed by atoms with van der Waals surface area (Å²) in [6.45, 7) is 1.44. The first-order valence-corrected chi connectivity index (χ1v) is 7.06. The summed E-state index contributed by atoms with van der Waals surface area (Å²) in [5.74, 6) is -1.10. The van der Waals surface area contributed by atoms with E-state index in [1.165, 1.54) is 6.92 Å². The van der Waals surface area contributed by atoms with E-state index < -0.39 is 5.92 Å². The molecule has 0 spiro atoms. The van der Waals surface area contributed by atoms with Crippen LogP contribution < -0.4 is 16.0 Å². The number of fused-ring (bicyclic) bond motifs is 2. The standard InChI is InChI=1S/C16H14N4O2/c1-8(21)14-10-6-12-13(7-11(10)20-16(14)22)19-15(18-12)9-2-4-17-5-3-9/h2-7,14-15,18-19H,1H3,(H,20,22). The molecule has 6 nitrogen and oxygen atoms in total. The molecular formula is C16H14N4O2. The fourth-order valence-corrected chi connectivity index (χ4v) is 3.02. The van der Waals surface area contributed by atoms with Crippen molar-refractivity contribution in [2.24, 2.45) is 0 Å². The Bertz CT molecular complexity index is 788. The Morgan fingerprint density at radius 3 is 2.45 bits per heavy atom. The third kappa shape index (κ3) is 1.84. The largest absolute Gasteiger partial charge is 0.360 e. The Hall–Kier alpha value is -2.89. The molecule has 3 heterocycles. The minimum Gasteiger partial charge on any atom is -0.360 e. The van der Waals surface area contributed by atoms with Gasteiger partial charge in [0.05, 0.1) is 11.4 Å². The van der Waals surface area contributed by atoms with Crippen LogP contribution in [-0.4, -0.2) is 16.7 Å². The van der Waals surface area contributed by atoms with Crippen LogP contribution in [0.4, 0.5) is 17.1 Å². The molecule has 22 heavy (non-hydrogen) atoms. The Labute approximate surface area is 126 Å². The molecular weight excluding hydrogens is 280 g/mol. The van der Waals surface area contributed by atoms with Crippen molar-refractivity contribution in [1.29, 1.82) is 0 Å². The van der Waals surface area contributed by atoms with Crippen LogP contribution in [-0.2, 0) is 9.59 Å². The molecule has 1 aromatic carbocycles. The van der Waals surface area contributed by atoms with E-state index in [2.05, 4.69) is 20.9 Å². The molecule has 0 fully saturated rings. The van der Waals surface area contributed by atoms with Crippen LogP contribution in [0.15, 0.2) is 36.7 Å². The van der Waals surface area contributed by atoms with Gasteiger partial charge in [0.1, 0.15) is 17.9 Å². The van der Waals surface area contributed by atoms with Crippen molar-refractivity contribution in [2.45, 2.75) is 19.0 Å². The zero-order valence-corrected chi connectivity index (χ0v) is 11.9. The molecule has 0 radical (unpaired) electrons. The predicted molar refractivity (Wildman–Crippen MR) is 82.7 cm³/mol. The van der Waals surface area contributed by atoms with E-state index in [-0.39, 0.29) is 17.9 Å². The number of Topliss-reactive ketones (excluding diaryl/α,β-unsaturated/α-hetero) is 1.